The lowest BCUT2D eigenvalue weighted by molar-refractivity contribution is 0.0907. The molecule has 0 heterocycles. The van der Waals surface area contributed by atoms with Crippen LogP contribution in [0.4, 0.5) is 0 Å². The number of hydrogen-bond acceptors (Lipinski definition) is 3. The number of carbonyl (C=O) groups excluding carboxylic acids is 1. The van der Waals surface area contributed by atoms with E-state index in [4.69, 9.17) is 4.74 Å². The number of rotatable bonds is 3. The molecule has 1 aromatic rings. The topological polar surface area (TPSA) is 58.6 Å². The van der Waals surface area contributed by atoms with Crippen molar-refractivity contribution in [1.82, 2.24) is 5.32 Å². The van der Waals surface area contributed by atoms with Gasteiger partial charge in [-0.2, -0.15) is 0 Å². The van der Waals surface area contributed by atoms with Crippen LogP contribution in [0.15, 0.2) is 18.2 Å². The molecule has 1 atom stereocenters. The normalized spacial score (nSPS) is 12.9. The van der Waals surface area contributed by atoms with E-state index < -0.39 is 0 Å². The number of amides is 1. The van der Waals surface area contributed by atoms with Crippen molar-refractivity contribution in [3.8, 4) is 11.5 Å². The minimum absolute atomic E-state index is 0.00602. The third-order valence-electron chi connectivity index (χ3n) is 3.10. The predicted molar refractivity (Wildman–Crippen MR) is 71.0 cm³/mol. The summed E-state index contributed by atoms with van der Waals surface area (Å²) in [5, 5.41) is 12.6. The van der Waals surface area contributed by atoms with Crippen molar-refractivity contribution >= 4 is 5.91 Å². The molecule has 100 valence electrons. The van der Waals surface area contributed by atoms with Gasteiger partial charge in [0.25, 0.3) is 5.91 Å². The number of phenolic OH excluding ortho intramolecular Hbond substituents is 1. The van der Waals surface area contributed by atoms with Crippen molar-refractivity contribution in [1.29, 1.82) is 0 Å². The lowest BCUT2D eigenvalue weighted by atomic mass is 9.88. The monoisotopic (exact) mass is 251 g/mol. The van der Waals surface area contributed by atoms with Crippen LogP contribution in [0.3, 0.4) is 0 Å². The fourth-order valence-electron chi connectivity index (χ4n) is 1.32. The van der Waals surface area contributed by atoms with E-state index in [1.807, 2.05) is 27.7 Å². The highest BCUT2D eigenvalue weighted by molar-refractivity contribution is 5.97. The van der Waals surface area contributed by atoms with Crippen molar-refractivity contribution in [3.05, 3.63) is 23.8 Å². The highest BCUT2D eigenvalue weighted by atomic mass is 16.5. The summed E-state index contributed by atoms with van der Waals surface area (Å²) in [5.41, 5.74) is 0.226. The van der Waals surface area contributed by atoms with Gasteiger partial charge in [0, 0.05) is 12.1 Å². The van der Waals surface area contributed by atoms with Gasteiger partial charge in [0.15, 0.2) is 0 Å². The maximum Gasteiger partial charge on any atom is 0.255 e. The molecule has 0 saturated carbocycles. The number of ether oxygens (including phenoxy) is 1. The summed E-state index contributed by atoms with van der Waals surface area (Å²) in [6.07, 6.45) is 0. The van der Waals surface area contributed by atoms with Crippen molar-refractivity contribution in [2.45, 2.75) is 33.7 Å². The van der Waals surface area contributed by atoms with E-state index in [2.05, 4.69) is 5.32 Å². The summed E-state index contributed by atoms with van der Waals surface area (Å²) in [5.74, 6) is 0.165. The summed E-state index contributed by atoms with van der Waals surface area (Å²) in [4.78, 5) is 12.0. The van der Waals surface area contributed by atoms with E-state index in [1.165, 1.54) is 13.2 Å². The van der Waals surface area contributed by atoms with Gasteiger partial charge >= 0.3 is 0 Å². The Morgan fingerprint density at radius 1 is 1.39 bits per heavy atom. The van der Waals surface area contributed by atoms with Gasteiger partial charge in [0.2, 0.25) is 0 Å². The first kappa shape index (κ1) is 14.4. The second-order valence-electron chi connectivity index (χ2n) is 5.44. The van der Waals surface area contributed by atoms with Crippen LogP contribution in [-0.2, 0) is 0 Å². The Labute approximate surface area is 108 Å². The number of methoxy groups -OCH3 is 1. The highest BCUT2D eigenvalue weighted by Gasteiger charge is 2.23. The van der Waals surface area contributed by atoms with Crippen molar-refractivity contribution in [2.75, 3.05) is 7.11 Å². The zero-order valence-electron chi connectivity index (χ0n) is 11.6. The minimum atomic E-state index is -0.280. The second-order valence-corrected chi connectivity index (χ2v) is 5.44. The molecule has 18 heavy (non-hydrogen) atoms. The molecule has 0 aromatic heterocycles. The average Bonchev–Trinajstić information content (AvgIpc) is 2.27. The van der Waals surface area contributed by atoms with Gasteiger partial charge in [-0.3, -0.25) is 4.79 Å². The fraction of sp³-hybridized carbons (Fsp3) is 0.500. The molecule has 0 aliphatic heterocycles. The van der Waals surface area contributed by atoms with Crippen LogP contribution >= 0.6 is 0 Å². The van der Waals surface area contributed by atoms with Crippen LogP contribution in [0.2, 0.25) is 0 Å². The molecular formula is C14H21NO3. The zero-order chi connectivity index (χ0) is 13.9. The SMILES string of the molecule is COc1ccc(C(=O)NC(C)C(C)(C)C)c(O)c1. The molecule has 2 N–H and O–H groups in total. The number of carbonyl (C=O) groups is 1. The van der Waals surface area contributed by atoms with Gasteiger partial charge in [-0.1, -0.05) is 20.8 Å². The average molecular weight is 251 g/mol. The van der Waals surface area contributed by atoms with Crippen LogP contribution in [-0.4, -0.2) is 24.2 Å². The van der Waals surface area contributed by atoms with E-state index >= 15 is 0 Å². The molecular weight excluding hydrogens is 230 g/mol. The van der Waals surface area contributed by atoms with Crippen LogP contribution < -0.4 is 10.1 Å². The largest absolute Gasteiger partial charge is 0.507 e. The van der Waals surface area contributed by atoms with Gasteiger partial charge in [-0.25, -0.2) is 0 Å². The molecule has 0 fully saturated rings. The van der Waals surface area contributed by atoms with E-state index in [0.717, 1.165) is 0 Å². The van der Waals surface area contributed by atoms with E-state index in [9.17, 15) is 9.90 Å². The first-order valence-corrected chi connectivity index (χ1v) is 5.93. The highest BCUT2D eigenvalue weighted by Crippen LogP contribution is 2.24. The van der Waals surface area contributed by atoms with Gasteiger partial charge in [0.1, 0.15) is 11.5 Å². The Hall–Kier alpha value is -1.71. The number of nitrogens with one attached hydrogen (secondary N) is 1. The predicted octanol–water partition coefficient (Wildman–Crippen LogP) is 2.57. The Morgan fingerprint density at radius 3 is 2.44 bits per heavy atom. The molecule has 4 heteroatoms. The summed E-state index contributed by atoms with van der Waals surface area (Å²) in [6.45, 7) is 8.09. The molecule has 1 amide bonds. The maximum absolute atomic E-state index is 12.0. The Bertz CT molecular complexity index is 435. The molecule has 0 aliphatic carbocycles. The van der Waals surface area contributed by atoms with Crippen molar-refractivity contribution < 1.29 is 14.6 Å². The lowest BCUT2D eigenvalue weighted by Crippen LogP contribution is -2.41. The molecule has 4 nitrogen and oxygen atoms in total. The smallest absolute Gasteiger partial charge is 0.255 e. The summed E-state index contributed by atoms with van der Waals surface area (Å²) in [7, 11) is 1.51. The van der Waals surface area contributed by atoms with Crippen LogP contribution in [0.1, 0.15) is 38.1 Å². The van der Waals surface area contributed by atoms with Crippen molar-refractivity contribution in [2.24, 2.45) is 5.41 Å². The maximum atomic E-state index is 12.0. The van der Waals surface area contributed by atoms with E-state index in [-0.39, 0.29) is 28.7 Å². The molecule has 0 radical (unpaired) electrons. The van der Waals surface area contributed by atoms with Gasteiger partial charge in [-0.05, 0) is 24.5 Å². The minimum Gasteiger partial charge on any atom is -0.507 e. The fourth-order valence-corrected chi connectivity index (χ4v) is 1.32. The molecule has 0 saturated heterocycles. The second kappa shape index (κ2) is 5.29. The standard InChI is InChI=1S/C14H21NO3/c1-9(14(2,3)4)15-13(17)11-7-6-10(18-5)8-12(11)16/h6-9,16H,1-5H3,(H,15,17). The number of phenols is 1. The third kappa shape index (κ3) is 3.39. The number of hydrogen-bond donors (Lipinski definition) is 2. The Balaban J connectivity index is 2.85. The summed E-state index contributed by atoms with van der Waals surface area (Å²) < 4.78 is 4.97. The molecule has 1 aromatic carbocycles. The van der Waals surface area contributed by atoms with Gasteiger partial charge in [-0.15, -0.1) is 0 Å². The quantitative estimate of drug-likeness (QED) is 0.868. The Kier molecular flexibility index (Phi) is 4.22. The zero-order valence-corrected chi connectivity index (χ0v) is 11.6. The first-order chi connectivity index (χ1) is 8.25. The van der Waals surface area contributed by atoms with Crippen LogP contribution in [0.5, 0.6) is 11.5 Å². The molecule has 1 unspecified atom stereocenters. The molecule has 0 bridgehead atoms. The summed E-state index contributed by atoms with van der Waals surface area (Å²) in [6, 6.07) is 4.64. The first-order valence-electron chi connectivity index (χ1n) is 5.93. The van der Waals surface area contributed by atoms with Gasteiger partial charge in [0.05, 0.1) is 12.7 Å². The van der Waals surface area contributed by atoms with Crippen molar-refractivity contribution in [3.63, 3.8) is 0 Å². The third-order valence-corrected chi connectivity index (χ3v) is 3.10. The number of aromatic hydroxyl groups is 1. The molecule has 0 spiro atoms. The van der Waals surface area contributed by atoms with E-state index in [1.54, 1.807) is 12.1 Å². The lowest BCUT2D eigenvalue weighted by Gasteiger charge is -2.28. The summed E-state index contributed by atoms with van der Waals surface area (Å²) >= 11 is 0. The molecule has 0 aliphatic rings. The number of benzene rings is 1. The Morgan fingerprint density at radius 2 is 2.00 bits per heavy atom. The van der Waals surface area contributed by atoms with Crippen LogP contribution in [0, 0.1) is 5.41 Å². The van der Waals surface area contributed by atoms with E-state index in [0.29, 0.717) is 5.75 Å². The van der Waals surface area contributed by atoms with Crippen LogP contribution in [0.25, 0.3) is 0 Å². The molecule has 1 rings (SSSR count). The van der Waals surface area contributed by atoms with Gasteiger partial charge < -0.3 is 15.2 Å².